The van der Waals surface area contributed by atoms with Gasteiger partial charge < -0.3 is 10.4 Å². The molecule has 1 unspecified atom stereocenters. The second-order valence-corrected chi connectivity index (χ2v) is 4.79. The second-order valence-electron chi connectivity index (χ2n) is 3.23. The van der Waals surface area contributed by atoms with E-state index in [1.165, 1.54) is 0 Å². The van der Waals surface area contributed by atoms with E-state index >= 15 is 0 Å². The summed E-state index contributed by atoms with van der Waals surface area (Å²) in [6.45, 7) is 6.37. The molecule has 13 heavy (non-hydrogen) atoms. The van der Waals surface area contributed by atoms with Crippen LogP contribution in [0.5, 0.6) is 0 Å². The first-order valence-corrected chi connectivity index (χ1v) is 5.67. The molecule has 2 N–H and O–H groups in total. The summed E-state index contributed by atoms with van der Waals surface area (Å²) >= 11 is 1.60. The van der Waals surface area contributed by atoms with Crippen molar-refractivity contribution in [2.75, 3.05) is 12.3 Å². The normalized spacial score (nSPS) is 13.0. The number of hydrogen-bond donors (Lipinski definition) is 2. The highest BCUT2D eigenvalue weighted by Gasteiger charge is 2.05. The molecule has 0 spiro atoms. The Balaban J connectivity index is 3.40. The van der Waals surface area contributed by atoms with Gasteiger partial charge in [-0.25, -0.2) is 0 Å². The SMILES string of the molecule is CCC(O)CNC(=O)CSC(C)C. The molecule has 0 aromatic carbocycles. The molecule has 0 saturated carbocycles. The van der Waals surface area contributed by atoms with Crippen LogP contribution in [-0.4, -0.2) is 34.7 Å². The topological polar surface area (TPSA) is 49.3 Å². The number of thioether (sulfide) groups is 1. The fraction of sp³-hybridized carbons (Fsp3) is 0.889. The minimum absolute atomic E-state index is 0.00574. The molecule has 0 rings (SSSR count). The van der Waals surface area contributed by atoms with Crippen LogP contribution >= 0.6 is 11.8 Å². The maximum absolute atomic E-state index is 11.1. The van der Waals surface area contributed by atoms with E-state index in [1.807, 2.05) is 6.92 Å². The number of aliphatic hydroxyl groups is 1. The van der Waals surface area contributed by atoms with E-state index in [-0.39, 0.29) is 5.91 Å². The molecule has 0 aliphatic rings. The molecule has 1 atom stereocenters. The van der Waals surface area contributed by atoms with Gasteiger partial charge in [0.2, 0.25) is 5.91 Å². The molecular weight excluding hydrogens is 186 g/mol. The zero-order chi connectivity index (χ0) is 10.3. The third-order valence-electron chi connectivity index (χ3n) is 1.55. The number of rotatable bonds is 6. The van der Waals surface area contributed by atoms with Crippen molar-refractivity contribution >= 4 is 17.7 Å². The molecule has 0 saturated heterocycles. The van der Waals surface area contributed by atoms with Gasteiger partial charge in [0.05, 0.1) is 11.9 Å². The van der Waals surface area contributed by atoms with Crippen LogP contribution in [0.25, 0.3) is 0 Å². The van der Waals surface area contributed by atoms with Gasteiger partial charge in [-0.15, -0.1) is 11.8 Å². The summed E-state index contributed by atoms with van der Waals surface area (Å²) in [7, 11) is 0. The smallest absolute Gasteiger partial charge is 0.230 e. The third kappa shape index (κ3) is 8.12. The van der Waals surface area contributed by atoms with Gasteiger partial charge in [0, 0.05) is 6.54 Å². The fourth-order valence-electron chi connectivity index (χ4n) is 0.669. The lowest BCUT2D eigenvalue weighted by atomic mass is 10.3. The zero-order valence-electron chi connectivity index (χ0n) is 8.54. The van der Waals surface area contributed by atoms with E-state index < -0.39 is 6.10 Å². The van der Waals surface area contributed by atoms with Crippen molar-refractivity contribution in [3.05, 3.63) is 0 Å². The van der Waals surface area contributed by atoms with Crippen LogP contribution in [0.4, 0.5) is 0 Å². The Morgan fingerprint density at radius 2 is 2.15 bits per heavy atom. The van der Waals surface area contributed by atoms with Crippen molar-refractivity contribution < 1.29 is 9.90 Å². The highest BCUT2D eigenvalue weighted by Crippen LogP contribution is 2.07. The molecule has 78 valence electrons. The van der Waals surface area contributed by atoms with Crippen LogP contribution in [0, 0.1) is 0 Å². The Morgan fingerprint density at radius 3 is 2.62 bits per heavy atom. The molecule has 0 fully saturated rings. The van der Waals surface area contributed by atoms with Crippen molar-refractivity contribution in [1.29, 1.82) is 0 Å². The molecule has 0 aliphatic carbocycles. The minimum atomic E-state index is -0.409. The number of nitrogens with one attached hydrogen (secondary N) is 1. The summed E-state index contributed by atoms with van der Waals surface area (Å²) in [6, 6.07) is 0. The van der Waals surface area contributed by atoms with Gasteiger partial charge in [-0.3, -0.25) is 4.79 Å². The fourth-order valence-corrected chi connectivity index (χ4v) is 1.26. The number of hydrogen-bond acceptors (Lipinski definition) is 3. The predicted octanol–water partition coefficient (Wildman–Crippen LogP) is 1.02. The van der Waals surface area contributed by atoms with Crippen LogP contribution in [0.3, 0.4) is 0 Å². The number of carbonyl (C=O) groups excluding carboxylic acids is 1. The second kappa shape index (κ2) is 7.21. The van der Waals surface area contributed by atoms with Crippen molar-refractivity contribution in [3.8, 4) is 0 Å². The van der Waals surface area contributed by atoms with Crippen LogP contribution in [-0.2, 0) is 4.79 Å². The van der Waals surface area contributed by atoms with Crippen LogP contribution in [0.1, 0.15) is 27.2 Å². The first-order chi connectivity index (χ1) is 6.06. The van der Waals surface area contributed by atoms with E-state index in [1.54, 1.807) is 11.8 Å². The Morgan fingerprint density at radius 1 is 1.54 bits per heavy atom. The van der Waals surface area contributed by atoms with Gasteiger partial charge in [-0.1, -0.05) is 20.8 Å². The Labute approximate surface area is 84.3 Å². The standard InChI is InChI=1S/C9H19NO2S/c1-4-8(11)5-10-9(12)6-13-7(2)3/h7-8,11H,4-6H2,1-3H3,(H,10,12). The summed E-state index contributed by atoms with van der Waals surface area (Å²) in [4.78, 5) is 11.1. The molecule has 0 aromatic rings. The Bertz CT molecular complexity index is 151. The first kappa shape index (κ1) is 12.8. The van der Waals surface area contributed by atoms with E-state index in [0.717, 1.165) is 0 Å². The molecule has 0 heterocycles. The lowest BCUT2D eigenvalue weighted by Gasteiger charge is -2.09. The number of amides is 1. The number of aliphatic hydroxyl groups excluding tert-OH is 1. The molecule has 1 amide bonds. The summed E-state index contributed by atoms with van der Waals surface area (Å²) in [5.74, 6) is 0.486. The van der Waals surface area contributed by atoms with Gasteiger partial charge in [0.1, 0.15) is 0 Å². The van der Waals surface area contributed by atoms with Gasteiger partial charge in [0.15, 0.2) is 0 Å². The van der Waals surface area contributed by atoms with Crippen molar-refractivity contribution in [2.45, 2.75) is 38.5 Å². The van der Waals surface area contributed by atoms with Crippen molar-refractivity contribution in [2.24, 2.45) is 0 Å². The van der Waals surface area contributed by atoms with Gasteiger partial charge in [-0.2, -0.15) is 0 Å². The Kier molecular flexibility index (Phi) is 7.09. The van der Waals surface area contributed by atoms with E-state index in [2.05, 4.69) is 19.2 Å². The molecule has 3 nitrogen and oxygen atoms in total. The Hall–Kier alpha value is -0.220. The zero-order valence-corrected chi connectivity index (χ0v) is 9.36. The molecule has 0 aromatic heterocycles. The van der Waals surface area contributed by atoms with E-state index in [4.69, 9.17) is 5.11 Å². The van der Waals surface area contributed by atoms with Crippen LogP contribution in [0.15, 0.2) is 0 Å². The van der Waals surface area contributed by atoms with Gasteiger partial charge in [0.25, 0.3) is 0 Å². The predicted molar refractivity (Wildman–Crippen MR) is 56.9 cm³/mol. The highest BCUT2D eigenvalue weighted by atomic mass is 32.2. The van der Waals surface area contributed by atoms with E-state index in [0.29, 0.717) is 24.0 Å². The summed E-state index contributed by atoms with van der Waals surface area (Å²) < 4.78 is 0. The highest BCUT2D eigenvalue weighted by molar-refractivity contribution is 8.00. The lowest BCUT2D eigenvalue weighted by Crippen LogP contribution is -2.33. The average Bonchev–Trinajstić information content (AvgIpc) is 2.10. The van der Waals surface area contributed by atoms with Crippen LogP contribution in [0.2, 0.25) is 0 Å². The van der Waals surface area contributed by atoms with Gasteiger partial charge >= 0.3 is 0 Å². The largest absolute Gasteiger partial charge is 0.391 e. The van der Waals surface area contributed by atoms with Crippen molar-refractivity contribution in [1.82, 2.24) is 5.32 Å². The maximum atomic E-state index is 11.1. The summed E-state index contributed by atoms with van der Waals surface area (Å²) in [5.41, 5.74) is 0. The minimum Gasteiger partial charge on any atom is -0.391 e. The first-order valence-electron chi connectivity index (χ1n) is 4.62. The van der Waals surface area contributed by atoms with Crippen molar-refractivity contribution in [3.63, 3.8) is 0 Å². The number of carbonyl (C=O) groups is 1. The quantitative estimate of drug-likeness (QED) is 0.680. The van der Waals surface area contributed by atoms with Crippen LogP contribution < -0.4 is 5.32 Å². The third-order valence-corrected chi connectivity index (χ3v) is 2.65. The monoisotopic (exact) mass is 205 g/mol. The average molecular weight is 205 g/mol. The summed E-state index contributed by atoms with van der Waals surface area (Å²) in [5, 5.41) is 12.3. The maximum Gasteiger partial charge on any atom is 0.230 e. The molecule has 0 bridgehead atoms. The molecule has 0 radical (unpaired) electrons. The molecule has 0 aliphatic heterocycles. The lowest BCUT2D eigenvalue weighted by molar-refractivity contribution is -0.119. The molecular formula is C9H19NO2S. The molecule has 4 heteroatoms. The van der Waals surface area contributed by atoms with Gasteiger partial charge in [-0.05, 0) is 11.7 Å². The summed E-state index contributed by atoms with van der Waals surface area (Å²) in [6.07, 6.45) is 0.269. The van der Waals surface area contributed by atoms with E-state index in [9.17, 15) is 4.79 Å².